The van der Waals surface area contributed by atoms with Gasteiger partial charge in [-0.2, -0.15) is 10.2 Å². The van der Waals surface area contributed by atoms with Crippen molar-refractivity contribution in [2.45, 2.75) is 25.3 Å². The van der Waals surface area contributed by atoms with Gasteiger partial charge in [0.1, 0.15) is 5.69 Å². The molecule has 1 aliphatic rings. The predicted octanol–water partition coefficient (Wildman–Crippen LogP) is 2.65. The Balaban J connectivity index is 1.42. The number of carbonyl (C=O) groups is 1. The summed E-state index contributed by atoms with van der Waals surface area (Å²) in [6, 6.07) is 12.2. The summed E-state index contributed by atoms with van der Waals surface area (Å²) in [5.41, 5.74) is 4.31. The van der Waals surface area contributed by atoms with Crippen LogP contribution in [0.25, 0.3) is 16.7 Å². The van der Waals surface area contributed by atoms with Gasteiger partial charge in [-0.25, -0.2) is 9.67 Å². The molecule has 158 valence electrons. The van der Waals surface area contributed by atoms with E-state index in [1.807, 2.05) is 48.4 Å². The summed E-state index contributed by atoms with van der Waals surface area (Å²) in [5.74, 6) is -0.148. The lowest BCUT2D eigenvalue weighted by molar-refractivity contribution is 0.0694. The van der Waals surface area contributed by atoms with Gasteiger partial charge in [-0.1, -0.05) is 12.1 Å². The molecule has 8 nitrogen and oxygen atoms in total. The zero-order chi connectivity index (χ0) is 21.2. The van der Waals surface area contributed by atoms with Gasteiger partial charge in [-0.3, -0.25) is 9.48 Å². The summed E-state index contributed by atoms with van der Waals surface area (Å²) >= 11 is 0. The number of nitrogens with one attached hydrogen (secondary N) is 1. The molecule has 1 amide bonds. The van der Waals surface area contributed by atoms with Gasteiger partial charge in [0.05, 0.1) is 11.9 Å². The maximum atomic E-state index is 12.9. The molecule has 3 aromatic heterocycles. The molecular formula is C23H24N6O2. The number of nitrogens with zero attached hydrogens (tertiary/aromatic N) is 5. The number of aromatic nitrogens is 5. The van der Waals surface area contributed by atoms with Gasteiger partial charge in [0.15, 0.2) is 5.65 Å². The van der Waals surface area contributed by atoms with E-state index in [9.17, 15) is 4.79 Å². The van der Waals surface area contributed by atoms with Crippen molar-refractivity contribution in [2.24, 2.45) is 7.05 Å². The summed E-state index contributed by atoms with van der Waals surface area (Å²) in [6.07, 6.45) is 7.83. The molecule has 0 aliphatic carbocycles. The summed E-state index contributed by atoms with van der Waals surface area (Å²) in [4.78, 5) is 17.5. The fraction of sp³-hybridized carbons (Fsp3) is 0.304. The first-order valence-electron chi connectivity index (χ1n) is 10.5. The Morgan fingerprint density at radius 3 is 2.74 bits per heavy atom. The lowest BCUT2D eigenvalue weighted by Crippen LogP contribution is -2.39. The Labute approximate surface area is 179 Å². The van der Waals surface area contributed by atoms with Gasteiger partial charge in [0.2, 0.25) is 0 Å². The van der Waals surface area contributed by atoms with Gasteiger partial charge in [0, 0.05) is 44.1 Å². The number of hydrogen-bond acceptors (Lipinski definition) is 5. The first kappa shape index (κ1) is 19.4. The Hall–Kier alpha value is -3.52. The molecule has 0 spiro atoms. The number of rotatable bonds is 5. The number of pyridine rings is 1. The summed E-state index contributed by atoms with van der Waals surface area (Å²) in [5, 5.41) is 12.7. The lowest BCUT2D eigenvalue weighted by Gasteiger charge is -2.23. The third-order valence-corrected chi connectivity index (χ3v) is 5.68. The van der Waals surface area contributed by atoms with Crippen molar-refractivity contribution in [3.63, 3.8) is 0 Å². The maximum absolute atomic E-state index is 12.9. The smallest absolute Gasteiger partial charge is 0.270 e. The summed E-state index contributed by atoms with van der Waals surface area (Å²) < 4.78 is 8.92. The highest BCUT2D eigenvalue weighted by Gasteiger charge is 2.20. The van der Waals surface area contributed by atoms with Crippen LogP contribution >= 0.6 is 0 Å². The van der Waals surface area contributed by atoms with Crippen LogP contribution in [0.1, 0.15) is 34.5 Å². The third kappa shape index (κ3) is 4.06. The first-order valence-corrected chi connectivity index (χ1v) is 10.5. The Bertz CT molecular complexity index is 1190. The zero-order valence-corrected chi connectivity index (χ0v) is 17.4. The number of hydrogen-bond donors (Lipinski definition) is 1. The molecule has 31 heavy (non-hydrogen) atoms. The van der Waals surface area contributed by atoms with Crippen molar-refractivity contribution in [3.05, 3.63) is 71.8 Å². The number of benzene rings is 1. The molecule has 1 N–H and O–H groups in total. The normalized spacial score (nSPS) is 14.7. The standard InChI is InChI=1S/C23H24N6O2/c1-28-22-20(15-25-28)17(13-16-3-5-19(6-4-16)29-10-2-9-24-29)14-21(27-22)23(30)26-18-7-11-31-12-8-18/h2-6,9-10,14-15,18H,7-8,11-13H2,1H3,(H,26,30). The molecule has 1 aromatic carbocycles. The predicted molar refractivity (Wildman–Crippen MR) is 116 cm³/mol. The molecule has 1 saturated heterocycles. The third-order valence-electron chi connectivity index (χ3n) is 5.68. The largest absolute Gasteiger partial charge is 0.381 e. The van der Waals surface area contributed by atoms with Crippen molar-refractivity contribution in [3.8, 4) is 5.69 Å². The van der Waals surface area contributed by atoms with E-state index in [0.29, 0.717) is 31.0 Å². The molecule has 0 unspecified atom stereocenters. The van der Waals surface area contributed by atoms with Crippen LogP contribution in [0.15, 0.2) is 55.0 Å². The molecule has 0 radical (unpaired) electrons. The SMILES string of the molecule is Cn1ncc2c(Cc3ccc(-n4cccn4)cc3)cc(C(=O)NC3CCOCC3)nc21. The second-order valence-electron chi connectivity index (χ2n) is 7.83. The molecule has 0 saturated carbocycles. The minimum atomic E-state index is -0.148. The van der Waals surface area contributed by atoms with E-state index in [2.05, 4.69) is 32.6 Å². The number of carbonyl (C=O) groups excluding carboxylic acids is 1. The van der Waals surface area contributed by atoms with E-state index in [4.69, 9.17) is 4.74 Å². The highest BCUT2D eigenvalue weighted by atomic mass is 16.5. The Morgan fingerprint density at radius 2 is 2.00 bits per heavy atom. The molecule has 0 bridgehead atoms. The summed E-state index contributed by atoms with van der Waals surface area (Å²) in [7, 11) is 1.85. The minimum absolute atomic E-state index is 0.128. The van der Waals surface area contributed by atoms with Gasteiger partial charge < -0.3 is 10.1 Å². The van der Waals surface area contributed by atoms with E-state index in [0.717, 1.165) is 35.0 Å². The van der Waals surface area contributed by atoms with Crippen molar-refractivity contribution >= 4 is 16.9 Å². The number of aryl methyl sites for hydroxylation is 1. The molecule has 1 fully saturated rings. The van der Waals surface area contributed by atoms with E-state index in [-0.39, 0.29) is 11.9 Å². The van der Waals surface area contributed by atoms with Crippen LogP contribution in [0, 0.1) is 0 Å². The van der Waals surface area contributed by atoms with Crippen LogP contribution in [-0.2, 0) is 18.2 Å². The van der Waals surface area contributed by atoms with Crippen LogP contribution in [0.5, 0.6) is 0 Å². The monoisotopic (exact) mass is 416 g/mol. The summed E-state index contributed by atoms with van der Waals surface area (Å²) in [6.45, 7) is 1.36. The molecule has 1 aliphatic heterocycles. The van der Waals surface area contributed by atoms with Gasteiger partial charge in [0.25, 0.3) is 5.91 Å². The topological polar surface area (TPSA) is 86.9 Å². The van der Waals surface area contributed by atoms with E-state index in [1.54, 1.807) is 10.9 Å². The fourth-order valence-electron chi connectivity index (χ4n) is 3.95. The van der Waals surface area contributed by atoms with E-state index >= 15 is 0 Å². The average molecular weight is 416 g/mol. The van der Waals surface area contributed by atoms with Crippen molar-refractivity contribution in [1.29, 1.82) is 0 Å². The van der Waals surface area contributed by atoms with Crippen LogP contribution in [-0.4, -0.2) is 49.7 Å². The number of ether oxygens (including phenoxy) is 1. The molecule has 4 aromatic rings. The number of fused-ring (bicyclic) bond motifs is 1. The molecule has 4 heterocycles. The Kier molecular flexibility index (Phi) is 5.21. The van der Waals surface area contributed by atoms with Gasteiger partial charge >= 0.3 is 0 Å². The van der Waals surface area contributed by atoms with Crippen molar-refractivity contribution in [1.82, 2.24) is 29.9 Å². The first-order chi connectivity index (χ1) is 15.2. The van der Waals surface area contributed by atoms with Gasteiger partial charge in [-0.15, -0.1) is 0 Å². The van der Waals surface area contributed by atoms with Crippen LogP contribution in [0.2, 0.25) is 0 Å². The quantitative estimate of drug-likeness (QED) is 0.541. The van der Waals surface area contributed by atoms with Crippen molar-refractivity contribution in [2.75, 3.05) is 13.2 Å². The molecule has 0 atom stereocenters. The van der Waals surface area contributed by atoms with Crippen LogP contribution in [0.4, 0.5) is 0 Å². The van der Waals surface area contributed by atoms with E-state index < -0.39 is 0 Å². The second kappa shape index (κ2) is 8.31. The van der Waals surface area contributed by atoms with Gasteiger partial charge in [-0.05, 0) is 54.7 Å². The average Bonchev–Trinajstić information content (AvgIpc) is 3.46. The highest BCUT2D eigenvalue weighted by molar-refractivity contribution is 5.95. The van der Waals surface area contributed by atoms with Crippen LogP contribution in [0.3, 0.4) is 0 Å². The fourth-order valence-corrected chi connectivity index (χ4v) is 3.95. The molecular weight excluding hydrogens is 392 g/mol. The Morgan fingerprint density at radius 1 is 1.19 bits per heavy atom. The molecule has 8 heteroatoms. The van der Waals surface area contributed by atoms with Crippen molar-refractivity contribution < 1.29 is 9.53 Å². The van der Waals surface area contributed by atoms with Crippen LogP contribution < -0.4 is 5.32 Å². The number of amides is 1. The van der Waals surface area contributed by atoms with E-state index in [1.165, 1.54) is 0 Å². The highest BCUT2D eigenvalue weighted by Crippen LogP contribution is 2.22. The molecule has 5 rings (SSSR count). The lowest BCUT2D eigenvalue weighted by atomic mass is 10.0. The second-order valence-corrected chi connectivity index (χ2v) is 7.83. The zero-order valence-electron chi connectivity index (χ0n) is 17.4. The minimum Gasteiger partial charge on any atom is -0.381 e. The maximum Gasteiger partial charge on any atom is 0.270 e.